The minimum absolute atomic E-state index is 0.299. The zero-order valence-electron chi connectivity index (χ0n) is 12.8. The summed E-state index contributed by atoms with van der Waals surface area (Å²) in [5.74, 6) is 1.54. The van der Waals surface area contributed by atoms with Crippen molar-refractivity contribution in [3.05, 3.63) is 48.3 Å². The number of nitrogens with zero attached hydrogens (tertiary/aromatic N) is 1. The number of rotatable bonds is 5. The van der Waals surface area contributed by atoms with Gasteiger partial charge in [0.05, 0.1) is 23.2 Å². The van der Waals surface area contributed by atoms with Gasteiger partial charge < -0.3 is 9.72 Å². The average Bonchev–Trinajstić information content (AvgIpc) is 2.92. The summed E-state index contributed by atoms with van der Waals surface area (Å²) < 4.78 is 19.5. The molecule has 0 bridgehead atoms. The van der Waals surface area contributed by atoms with E-state index in [0.717, 1.165) is 17.5 Å². The Bertz CT molecular complexity index is 747. The van der Waals surface area contributed by atoms with Crippen LogP contribution in [0.5, 0.6) is 5.75 Å². The van der Waals surface area contributed by atoms with Crippen LogP contribution in [0.4, 0.5) is 4.39 Å². The van der Waals surface area contributed by atoms with E-state index in [0.29, 0.717) is 29.7 Å². The Morgan fingerprint density at radius 3 is 2.77 bits per heavy atom. The number of benzene rings is 2. The Hall–Kier alpha value is -2.36. The lowest BCUT2D eigenvalue weighted by atomic mass is 10.1. The predicted octanol–water partition coefficient (Wildman–Crippen LogP) is 4.79. The summed E-state index contributed by atoms with van der Waals surface area (Å²) in [5, 5.41) is 0. The monoisotopic (exact) mass is 298 g/mol. The van der Waals surface area contributed by atoms with Crippen LogP contribution in [0.3, 0.4) is 0 Å². The lowest BCUT2D eigenvalue weighted by molar-refractivity contribution is 0.290. The van der Waals surface area contributed by atoms with Crippen LogP contribution in [0.2, 0.25) is 0 Å². The molecule has 0 radical (unpaired) electrons. The van der Waals surface area contributed by atoms with Crippen molar-refractivity contribution in [3.63, 3.8) is 0 Å². The van der Waals surface area contributed by atoms with E-state index in [-0.39, 0.29) is 5.82 Å². The number of fused-ring (bicyclic) bond motifs is 1. The third-order valence-electron chi connectivity index (χ3n) is 3.54. The van der Waals surface area contributed by atoms with Crippen LogP contribution in [0.1, 0.15) is 20.3 Å². The van der Waals surface area contributed by atoms with Crippen molar-refractivity contribution < 1.29 is 9.13 Å². The highest BCUT2D eigenvalue weighted by molar-refractivity contribution is 5.80. The molecule has 0 aliphatic rings. The van der Waals surface area contributed by atoms with Gasteiger partial charge in [0.2, 0.25) is 0 Å². The van der Waals surface area contributed by atoms with E-state index >= 15 is 0 Å². The molecule has 3 nitrogen and oxygen atoms in total. The second kappa shape index (κ2) is 6.18. The lowest BCUT2D eigenvalue weighted by Crippen LogP contribution is -2.02. The summed E-state index contributed by atoms with van der Waals surface area (Å²) in [6.45, 7) is 4.90. The summed E-state index contributed by atoms with van der Waals surface area (Å²) in [4.78, 5) is 7.75. The summed E-state index contributed by atoms with van der Waals surface area (Å²) in [6.07, 6.45) is 0.955. The fraction of sp³-hybridized carbons (Fsp3) is 0.278. The van der Waals surface area contributed by atoms with E-state index in [4.69, 9.17) is 4.74 Å². The fourth-order valence-corrected chi connectivity index (χ4v) is 2.30. The molecule has 114 valence electrons. The van der Waals surface area contributed by atoms with Crippen molar-refractivity contribution >= 4 is 11.0 Å². The SMILES string of the molecule is CC(C)CCOc1ccc(F)cc1-c1nc2ccccc2[nH]1. The number of hydrogen-bond acceptors (Lipinski definition) is 2. The van der Waals surface area contributed by atoms with E-state index < -0.39 is 0 Å². The molecule has 1 N–H and O–H groups in total. The first kappa shape index (κ1) is 14.6. The Labute approximate surface area is 129 Å². The van der Waals surface area contributed by atoms with Crippen molar-refractivity contribution in [3.8, 4) is 17.1 Å². The van der Waals surface area contributed by atoms with Gasteiger partial charge in [-0.05, 0) is 42.7 Å². The van der Waals surface area contributed by atoms with Crippen molar-refractivity contribution in [1.82, 2.24) is 9.97 Å². The molecule has 22 heavy (non-hydrogen) atoms. The summed E-state index contributed by atoms with van der Waals surface area (Å²) in [7, 11) is 0. The van der Waals surface area contributed by atoms with Gasteiger partial charge in [0.25, 0.3) is 0 Å². The number of halogens is 1. The molecule has 0 amide bonds. The molecule has 3 aromatic rings. The van der Waals surface area contributed by atoms with Gasteiger partial charge >= 0.3 is 0 Å². The molecular formula is C18H19FN2O. The normalized spacial score (nSPS) is 11.3. The van der Waals surface area contributed by atoms with E-state index in [1.165, 1.54) is 12.1 Å². The lowest BCUT2D eigenvalue weighted by Gasteiger charge is -2.11. The Balaban J connectivity index is 1.95. The Morgan fingerprint density at radius 2 is 2.00 bits per heavy atom. The standard InChI is InChI=1S/C18H19FN2O/c1-12(2)9-10-22-17-8-7-13(19)11-14(17)18-20-15-5-3-4-6-16(15)21-18/h3-8,11-12H,9-10H2,1-2H3,(H,20,21). The van der Waals surface area contributed by atoms with Gasteiger partial charge in [0, 0.05) is 0 Å². The maximum atomic E-state index is 13.6. The maximum absolute atomic E-state index is 13.6. The first-order chi connectivity index (χ1) is 10.6. The third-order valence-corrected chi connectivity index (χ3v) is 3.54. The zero-order valence-corrected chi connectivity index (χ0v) is 12.8. The van der Waals surface area contributed by atoms with Crippen LogP contribution in [-0.2, 0) is 0 Å². The molecule has 0 spiro atoms. The van der Waals surface area contributed by atoms with Crippen molar-refractivity contribution in [2.45, 2.75) is 20.3 Å². The van der Waals surface area contributed by atoms with Gasteiger partial charge in [-0.3, -0.25) is 0 Å². The van der Waals surface area contributed by atoms with Crippen LogP contribution in [-0.4, -0.2) is 16.6 Å². The second-order valence-corrected chi connectivity index (χ2v) is 5.77. The molecule has 3 rings (SSSR count). The summed E-state index contributed by atoms with van der Waals surface area (Å²) in [6, 6.07) is 12.3. The van der Waals surface area contributed by atoms with Gasteiger partial charge in [0.1, 0.15) is 17.4 Å². The van der Waals surface area contributed by atoms with Crippen LogP contribution in [0.15, 0.2) is 42.5 Å². The summed E-state index contributed by atoms with van der Waals surface area (Å²) >= 11 is 0. The van der Waals surface area contributed by atoms with E-state index in [1.54, 1.807) is 6.07 Å². The third kappa shape index (κ3) is 3.11. The zero-order chi connectivity index (χ0) is 15.5. The van der Waals surface area contributed by atoms with Crippen molar-refractivity contribution in [2.75, 3.05) is 6.61 Å². The Kier molecular flexibility index (Phi) is 4.09. The number of hydrogen-bond donors (Lipinski definition) is 1. The van der Waals surface area contributed by atoms with E-state index in [1.807, 2.05) is 24.3 Å². The van der Waals surface area contributed by atoms with Crippen LogP contribution in [0.25, 0.3) is 22.4 Å². The minimum Gasteiger partial charge on any atom is -0.493 e. The molecule has 0 saturated carbocycles. The molecule has 0 aliphatic heterocycles. The molecule has 0 atom stereocenters. The molecule has 1 aromatic heterocycles. The number of ether oxygens (including phenoxy) is 1. The van der Waals surface area contributed by atoms with Crippen molar-refractivity contribution in [2.24, 2.45) is 5.92 Å². The first-order valence-corrected chi connectivity index (χ1v) is 7.51. The molecule has 0 aliphatic carbocycles. The highest BCUT2D eigenvalue weighted by Gasteiger charge is 2.12. The van der Waals surface area contributed by atoms with Gasteiger partial charge in [-0.15, -0.1) is 0 Å². The largest absolute Gasteiger partial charge is 0.493 e. The molecular weight excluding hydrogens is 279 g/mol. The van der Waals surface area contributed by atoms with Gasteiger partial charge in [0.15, 0.2) is 0 Å². The van der Waals surface area contributed by atoms with Crippen LogP contribution >= 0.6 is 0 Å². The predicted molar refractivity (Wildman–Crippen MR) is 86.4 cm³/mol. The molecule has 4 heteroatoms. The molecule has 0 fully saturated rings. The number of para-hydroxylation sites is 2. The number of nitrogens with one attached hydrogen (secondary N) is 1. The molecule has 0 unspecified atom stereocenters. The fourth-order valence-electron chi connectivity index (χ4n) is 2.30. The smallest absolute Gasteiger partial charge is 0.142 e. The molecule has 1 heterocycles. The highest BCUT2D eigenvalue weighted by Crippen LogP contribution is 2.30. The van der Waals surface area contributed by atoms with Crippen LogP contribution < -0.4 is 4.74 Å². The average molecular weight is 298 g/mol. The Morgan fingerprint density at radius 1 is 1.18 bits per heavy atom. The first-order valence-electron chi connectivity index (χ1n) is 7.51. The topological polar surface area (TPSA) is 37.9 Å². The number of H-pyrrole nitrogens is 1. The van der Waals surface area contributed by atoms with Gasteiger partial charge in [-0.2, -0.15) is 0 Å². The number of aromatic amines is 1. The minimum atomic E-state index is -0.299. The van der Waals surface area contributed by atoms with E-state index in [9.17, 15) is 4.39 Å². The van der Waals surface area contributed by atoms with Crippen molar-refractivity contribution in [1.29, 1.82) is 0 Å². The van der Waals surface area contributed by atoms with E-state index in [2.05, 4.69) is 23.8 Å². The number of aromatic nitrogens is 2. The van der Waals surface area contributed by atoms with Gasteiger partial charge in [-0.1, -0.05) is 26.0 Å². The molecule has 2 aromatic carbocycles. The second-order valence-electron chi connectivity index (χ2n) is 5.77. The quantitative estimate of drug-likeness (QED) is 0.735. The summed E-state index contributed by atoms with van der Waals surface area (Å²) in [5.41, 5.74) is 2.43. The maximum Gasteiger partial charge on any atom is 0.142 e. The molecule has 0 saturated heterocycles. The highest BCUT2D eigenvalue weighted by atomic mass is 19.1. The van der Waals surface area contributed by atoms with Gasteiger partial charge in [-0.25, -0.2) is 9.37 Å². The van der Waals surface area contributed by atoms with Crippen LogP contribution in [0, 0.1) is 11.7 Å². The number of imidazole rings is 1.